The van der Waals surface area contributed by atoms with E-state index in [1.807, 2.05) is 24.9 Å². The summed E-state index contributed by atoms with van der Waals surface area (Å²) < 4.78 is 0. The van der Waals surface area contributed by atoms with Crippen LogP contribution in [0.1, 0.15) is 17.8 Å². The number of halogens is 2. The van der Waals surface area contributed by atoms with Crippen LogP contribution in [0.25, 0.3) is 0 Å². The first-order valence-electron chi connectivity index (χ1n) is 5.00. The molecule has 17 heavy (non-hydrogen) atoms. The first kappa shape index (κ1) is 20.2. The Kier molecular flexibility index (Phi) is 15.9. The third-order valence-corrected chi connectivity index (χ3v) is 3.53. The molecule has 0 aliphatic heterocycles. The molecule has 1 aromatic heterocycles. The minimum Gasteiger partial charge on any atom is -0.365 e. The molecule has 0 spiro atoms. The third-order valence-electron chi connectivity index (χ3n) is 1.97. The van der Waals surface area contributed by atoms with Gasteiger partial charge >= 0.3 is 0 Å². The highest BCUT2D eigenvalue weighted by Crippen LogP contribution is 2.07. The molecule has 0 aliphatic carbocycles. The standard InChI is InChI=1S/C10H17N3S2.2HI/c1-11-10(14-2)13-6-4-3-5-9-12-7-8-15-9;;/h7-8H,3-6H2,1-2H3,(H,11,13);2*1H. The minimum absolute atomic E-state index is 0. The zero-order valence-electron chi connectivity index (χ0n) is 10.0. The maximum absolute atomic E-state index is 4.25. The quantitative estimate of drug-likeness (QED) is 0.291. The highest BCUT2D eigenvalue weighted by Gasteiger charge is 1.96. The molecule has 0 saturated carbocycles. The Morgan fingerprint density at radius 2 is 2.24 bits per heavy atom. The van der Waals surface area contributed by atoms with Crippen LogP contribution in [-0.2, 0) is 6.42 Å². The van der Waals surface area contributed by atoms with Gasteiger partial charge in [0.15, 0.2) is 5.17 Å². The molecule has 1 heterocycles. The molecule has 0 saturated heterocycles. The van der Waals surface area contributed by atoms with Crippen molar-refractivity contribution >= 4 is 76.2 Å². The number of hydrogen-bond donors (Lipinski definition) is 1. The van der Waals surface area contributed by atoms with Gasteiger partial charge in [-0.05, 0) is 25.5 Å². The first-order valence-corrected chi connectivity index (χ1v) is 7.10. The van der Waals surface area contributed by atoms with Crippen molar-refractivity contribution in [1.82, 2.24) is 10.3 Å². The predicted molar refractivity (Wildman–Crippen MR) is 101 cm³/mol. The van der Waals surface area contributed by atoms with E-state index >= 15 is 0 Å². The van der Waals surface area contributed by atoms with Crippen LogP contribution in [0.3, 0.4) is 0 Å². The summed E-state index contributed by atoms with van der Waals surface area (Å²) in [5, 5.41) is 7.58. The van der Waals surface area contributed by atoms with E-state index in [1.165, 1.54) is 17.8 Å². The largest absolute Gasteiger partial charge is 0.365 e. The Morgan fingerprint density at radius 3 is 2.76 bits per heavy atom. The molecular weight excluding hydrogens is 480 g/mol. The summed E-state index contributed by atoms with van der Waals surface area (Å²) >= 11 is 3.39. The summed E-state index contributed by atoms with van der Waals surface area (Å²) in [6.07, 6.45) is 7.35. The van der Waals surface area contributed by atoms with Gasteiger partial charge in [0.2, 0.25) is 0 Å². The van der Waals surface area contributed by atoms with Crippen LogP contribution in [-0.4, -0.2) is 30.0 Å². The lowest BCUT2D eigenvalue weighted by molar-refractivity contribution is 0.709. The topological polar surface area (TPSA) is 37.3 Å². The lowest BCUT2D eigenvalue weighted by Gasteiger charge is -2.05. The molecule has 3 nitrogen and oxygen atoms in total. The van der Waals surface area contributed by atoms with Crippen molar-refractivity contribution in [3.8, 4) is 0 Å². The average Bonchev–Trinajstić information content (AvgIpc) is 2.76. The van der Waals surface area contributed by atoms with Crippen molar-refractivity contribution in [2.75, 3.05) is 19.8 Å². The Hall–Kier alpha value is 0.910. The number of unbranched alkanes of at least 4 members (excludes halogenated alkanes) is 1. The van der Waals surface area contributed by atoms with Gasteiger partial charge in [-0.25, -0.2) is 4.98 Å². The molecule has 0 aliphatic rings. The zero-order valence-corrected chi connectivity index (χ0v) is 16.3. The molecule has 0 radical (unpaired) electrons. The highest BCUT2D eigenvalue weighted by molar-refractivity contribution is 14.0. The molecule has 100 valence electrons. The summed E-state index contributed by atoms with van der Waals surface area (Å²) in [6, 6.07) is 0. The fourth-order valence-corrected chi connectivity index (χ4v) is 2.31. The van der Waals surface area contributed by atoms with Crippen molar-refractivity contribution < 1.29 is 0 Å². The van der Waals surface area contributed by atoms with Gasteiger partial charge in [0.05, 0.1) is 5.01 Å². The second-order valence-corrected chi connectivity index (χ2v) is 4.82. The lowest BCUT2D eigenvalue weighted by atomic mass is 10.2. The van der Waals surface area contributed by atoms with Crippen molar-refractivity contribution in [2.24, 2.45) is 4.99 Å². The average molecular weight is 499 g/mol. The minimum atomic E-state index is 0. The number of thioether (sulfide) groups is 1. The molecule has 0 fully saturated rings. The summed E-state index contributed by atoms with van der Waals surface area (Å²) in [5.74, 6) is 0. The lowest BCUT2D eigenvalue weighted by Crippen LogP contribution is -2.21. The normalized spacial score (nSPS) is 10.4. The molecule has 7 heteroatoms. The van der Waals surface area contributed by atoms with Crippen molar-refractivity contribution in [1.29, 1.82) is 0 Å². The van der Waals surface area contributed by atoms with E-state index in [0.717, 1.165) is 18.1 Å². The summed E-state index contributed by atoms with van der Waals surface area (Å²) in [7, 11) is 1.81. The zero-order chi connectivity index (χ0) is 10.9. The summed E-state index contributed by atoms with van der Waals surface area (Å²) in [5.41, 5.74) is 0. The second kappa shape index (κ2) is 13.3. The molecule has 1 N–H and O–H groups in total. The van der Waals surface area contributed by atoms with Crippen LogP contribution in [0.2, 0.25) is 0 Å². The van der Waals surface area contributed by atoms with Gasteiger partial charge < -0.3 is 5.32 Å². The number of aryl methyl sites for hydroxylation is 1. The number of aromatic nitrogens is 1. The van der Waals surface area contributed by atoms with Gasteiger partial charge in [0.1, 0.15) is 0 Å². The van der Waals surface area contributed by atoms with Crippen molar-refractivity contribution in [3.63, 3.8) is 0 Å². The third kappa shape index (κ3) is 9.48. The summed E-state index contributed by atoms with van der Waals surface area (Å²) in [6.45, 7) is 0.999. The highest BCUT2D eigenvalue weighted by atomic mass is 127. The second-order valence-electron chi connectivity index (χ2n) is 3.04. The van der Waals surface area contributed by atoms with Gasteiger partial charge in [-0.1, -0.05) is 11.8 Å². The van der Waals surface area contributed by atoms with Crippen LogP contribution in [0, 0.1) is 0 Å². The Labute approximate surface area is 146 Å². The SMILES string of the molecule is CN=C(NCCCCc1nccs1)SC.I.I. The van der Waals surface area contributed by atoms with Crippen LogP contribution in [0.5, 0.6) is 0 Å². The maximum atomic E-state index is 4.25. The predicted octanol–water partition coefficient (Wildman–Crippen LogP) is 3.64. The smallest absolute Gasteiger partial charge is 0.155 e. The van der Waals surface area contributed by atoms with E-state index in [9.17, 15) is 0 Å². The summed E-state index contributed by atoms with van der Waals surface area (Å²) in [4.78, 5) is 8.36. The van der Waals surface area contributed by atoms with E-state index in [4.69, 9.17) is 0 Å². The van der Waals surface area contributed by atoms with Crippen LogP contribution in [0.15, 0.2) is 16.6 Å². The molecule has 0 unspecified atom stereocenters. The van der Waals surface area contributed by atoms with Gasteiger partial charge in [-0.3, -0.25) is 4.99 Å². The first-order chi connectivity index (χ1) is 7.36. The molecule has 1 rings (SSSR count). The van der Waals surface area contributed by atoms with E-state index in [-0.39, 0.29) is 48.0 Å². The molecule has 0 bridgehead atoms. The molecule has 1 aromatic rings. The fraction of sp³-hybridized carbons (Fsp3) is 0.600. The number of amidine groups is 1. The van der Waals surface area contributed by atoms with Crippen molar-refractivity contribution in [2.45, 2.75) is 19.3 Å². The Bertz CT molecular complexity index is 292. The maximum Gasteiger partial charge on any atom is 0.155 e. The fourth-order valence-electron chi connectivity index (χ4n) is 1.22. The monoisotopic (exact) mass is 499 g/mol. The number of nitrogens with zero attached hydrogens (tertiary/aromatic N) is 2. The Morgan fingerprint density at radius 1 is 1.47 bits per heavy atom. The van der Waals surface area contributed by atoms with Crippen molar-refractivity contribution in [3.05, 3.63) is 16.6 Å². The van der Waals surface area contributed by atoms with E-state index in [0.29, 0.717) is 0 Å². The number of thiazole rings is 1. The number of nitrogens with one attached hydrogen (secondary N) is 1. The van der Waals surface area contributed by atoms with Crippen LogP contribution >= 0.6 is 71.1 Å². The van der Waals surface area contributed by atoms with Crippen LogP contribution < -0.4 is 5.32 Å². The number of hydrogen-bond acceptors (Lipinski definition) is 4. The number of aliphatic imine (C=N–C) groups is 1. The van der Waals surface area contributed by atoms with Gasteiger partial charge in [-0.15, -0.1) is 59.3 Å². The molecule has 0 atom stereocenters. The molecule has 0 aromatic carbocycles. The molecular formula is C10H19I2N3S2. The Balaban J connectivity index is 0. The van der Waals surface area contributed by atoms with Crippen LogP contribution in [0.4, 0.5) is 0 Å². The van der Waals surface area contributed by atoms with Gasteiger partial charge in [0, 0.05) is 25.2 Å². The number of rotatable bonds is 5. The van der Waals surface area contributed by atoms with E-state index < -0.39 is 0 Å². The van der Waals surface area contributed by atoms with E-state index in [1.54, 1.807) is 23.1 Å². The van der Waals surface area contributed by atoms with Gasteiger partial charge in [-0.2, -0.15) is 0 Å². The van der Waals surface area contributed by atoms with Gasteiger partial charge in [0.25, 0.3) is 0 Å². The van der Waals surface area contributed by atoms with E-state index in [2.05, 4.69) is 15.3 Å². The molecule has 0 amide bonds.